The van der Waals surface area contributed by atoms with Gasteiger partial charge in [-0.2, -0.15) is 5.10 Å². The van der Waals surface area contributed by atoms with Crippen molar-refractivity contribution in [2.45, 2.75) is 44.1 Å². The van der Waals surface area contributed by atoms with E-state index in [0.717, 1.165) is 54.0 Å². The number of fused-ring (bicyclic) bond motifs is 1. The Labute approximate surface area is 193 Å². The van der Waals surface area contributed by atoms with Gasteiger partial charge in [0.1, 0.15) is 23.1 Å². The van der Waals surface area contributed by atoms with E-state index in [4.69, 9.17) is 14.5 Å². The first kappa shape index (κ1) is 22.2. The van der Waals surface area contributed by atoms with Crippen molar-refractivity contribution in [2.24, 2.45) is 0 Å². The van der Waals surface area contributed by atoms with E-state index in [1.54, 1.807) is 6.20 Å². The molecule has 2 aliphatic heterocycles. The lowest BCUT2D eigenvalue weighted by Gasteiger charge is -2.34. The summed E-state index contributed by atoms with van der Waals surface area (Å²) in [7, 11) is -3.25. The molecule has 0 saturated carbocycles. The first-order chi connectivity index (χ1) is 15.9. The molecule has 33 heavy (non-hydrogen) atoms. The molecule has 0 spiro atoms. The largest absolute Gasteiger partial charge is 0.377 e. The molecule has 5 rings (SSSR count). The third kappa shape index (κ3) is 4.73. The number of ether oxygens (including phenoxy) is 2. The van der Waals surface area contributed by atoms with Gasteiger partial charge < -0.3 is 14.4 Å². The summed E-state index contributed by atoms with van der Waals surface area (Å²) in [6, 6.07) is 5.83. The van der Waals surface area contributed by atoms with E-state index >= 15 is 0 Å². The standard InChI is InChI=1S/C23H29N5O4S/c1-15-13-31-10-8-28(15)21-11-16(14-33(2,29)30)17-6-7-24-23(22(17)25-21)19-12-18(26-27-19)20-5-3-4-9-32-20/h6-7,11-12,15,20H,3-5,8-10,13-14H2,1-2H3,(H,26,27)/t15-,20?/m1/s1. The van der Waals surface area contributed by atoms with Gasteiger partial charge >= 0.3 is 0 Å². The van der Waals surface area contributed by atoms with Crippen molar-refractivity contribution in [3.63, 3.8) is 0 Å². The molecule has 0 aliphatic carbocycles. The Balaban J connectivity index is 1.63. The molecule has 176 valence electrons. The second kappa shape index (κ2) is 9.00. The number of sulfone groups is 1. The molecule has 9 nitrogen and oxygen atoms in total. The van der Waals surface area contributed by atoms with Gasteiger partial charge in [0.25, 0.3) is 0 Å². The van der Waals surface area contributed by atoms with E-state index in [-0.39, 0.29) is 17.9 Å². The van der Waals surface area contributed by atoms with Crippen LogP contribution in [0.2, 0.25) is 0 Å². The second-order valence-corrected chi connectivity index (χ2v) is 11.1. The zero-order valence-electron chi connectivity index (χ0n) is 19.0. The minimum Gasteiger partial charge on any atom is -0.377 e. The van der Waals surface area contributed by atoms with Crippen molar-refractivity contribution in [3.8, 4) is 11.4 Å². The highest BCUT2D eigenvalue weighted by atomic mass is 32.2. The SMILES string of the molecule is C[C@@H]1COCCN1c1cc(CS(C)(=O)=O)c2ccnc(-c3cc(C4CCCCO4)n[nH]3)c2n1. The van der Waals surface area contributed by atoms with Crippen LogP contribution in [0.15, 0.2) is 24.4 Å². The topological polar surface area (TPSA) is 110 Å². The molecular formula is C23H29N5O4S. The molecule has 10 heteroatoms. The van der Waals surface area contributed by atoms with Gasteiger partial charge in [0.05, 0.1) is 36.4 Å². The number of aromatic amines is 1. The summed E-state index contributed by atoms with van der Waals surface area (Å²) in [6.45, 7) is 4.73. The molecule has 0 aromatic carbocycles. The smallest absolute Gasteiger partial charge is 0.151 e. The molecule has 1 N–H and O–H groups in total. The lowest BCUT2D eigenvalue weighted by molar-refractivity contribution is 0.0123. The molecule has 0 amide bonds. The third-order valence-electron chi connectivity index (χ3n) is 6.24. The number of rotatable bonds is 5. The van der Waals surface area contributed by atoms with Crippen LogP contribution in [0.5, 0.6) is 0 Å². The Bertz CT molecular complexity index is 1250. The van der Waals surface area contributed by atoms with Crippen LogP contribution in [0.3, 0.4) is 0 Å². The van der Waals surface area contributed by atoms with E-state index in [1.807, 2.05) is 18.2 Å². The Hall–Kier alpha value is -2.56. The van der Waals surface area contributed by atoms with E-state index < -0.39 is 9.84 Å². The van der Waals surface area contributed by atoms with Gasteiger partial charge in [-0.3, -0.25) is 10.1 Å². The fourth-order valence-electron chi connectivity index (χ4n) is 4.62. The molecule has 2 atom stereocenters. The highest BCUT2D eigenvalue weighted by Crippen LogP contribution is 2.33. The van der Waals surface area contributed by atoms with Crippen molar-refractivity contribution >= 4 is 26.6 Å². The summed E-state index contributed by atoms with van der Waals surface area (Å²) in [5.74, 6) is 0.673. The molecule has 1 unspecified atom stereocenters. The summed E-state index contributed by atoms with van der Waals surface area (Å²) in [5, 5.41) is 8.37. The summed E-state index contributed by atoms with van der Waals surface area (Å²) in [5.41, 5.74) is 3.63. The first-order valence-electron chi connectivity index (χ1n) is 11.4. The summed E-state index contributed by atoms with van der Waals surface area (Å²) >= 11 is 0. The van der Waals surface area contributed by atoms with E-state index in [2.05, 4.69) is 27.0 Å². The summed E-state index contributed by atoms with van der Waals surface area (Å²) in [4.78, 5) is 11.7. The quantitative estimate of drug-likeness (QED) is 0.605. The lowest BCUT2D eigenvalue weighted by Crippen LogP contribution is -2.44. The van der Waals surface area contributed by atoms with Gasteiger partial charge in [-0.15, -0.1) is 0 Å². The van der Waals surface area contributed by atoms with Gasteiger partial charge in [-0.25, -0.2) is 13.4 Å². The first-order valence-corrected chi connectivity index (χ1v) is 13.4. The molecule has 2 fully saturated rings. The average Bonchev–Trinajstić information content (AvgIpc) is 3.29. The molecule has 5 heterocycles. The van der Waals surface area contributed by atoms with Crippen LogP contribution in [0.4, 0.5) is 5.82 Å². The zero-order chi connectivity index (χ0) is 23.0. The van der Waals surface area contributed by atoms with E-state index in [1.165, 1.54) is 6.26 Å². The number of nitrogens with one attached hydrogen (secondary N) is 1. The Kier molecular flexibility index (Phi) is 6.07. The predicted octanol–water partition coefficient (Wildman–Crippen LogP) is 3.03. The molecule has 3 aromatic heterocycles. The molecule has 2 aliphatic rings. The van der Waals surface area contributed by atoms with E-state index in [0.29, 0.717) is 31.0 Å². The maximum absolute atomic E-state index is 12.2. The highest BCUT2D eigenvalue weighted by Gasteiger charge is 2.24. The fourth-order valence-corrected chi connectivity index (χ4v) is 5.42. The van der Waals surface area contributed by atoms with Crippen LogP contribution < -0.4 is 4.90 Å². The number of morpholine rings is 1. The van der Waals surface area contributed by atoms with Gasteiger partial charge in [0.15, 0.2) is 9.84 Å². The molecule has 2 saturated heterocycles. The Morgan fingerprint density at radius 1 is 1.24 bits per heavy atom. The number of hydrogen-bond acceptors (Lipinski definition) is 8. The van der Waals surface area contributed by atoms with Crippen LogP contribution >= 0.6 is 0 Å². The van der Waals surface area contributed by atoms with Crippen molar-refractivity contribution in [1.82, 2.24) is 20.2 Å². The number of anilines is 1. The lowest BCUT2D eigenvalue weighted by atomic mass is 10.0. The minimum absolute atomic E-state index is 0.0164. The molecule has 3 aromatic rings. The number of pyridine rings is 2. The number of aromatic nitrogens is 4. The maximum Gasteiger partial charge on any atom is 0.151 e. The average molecular weight is 472 g/mol. The van der Waals surface area contributed by atoms with Crippen LogP contribution in [0, 0.1) is 0 Å². The Morgan fingerprint density at radius 3 is 2.88 bits per heavy atom. The molecule has 0 radical (unpaired) electrons. The highest BCUT2D eigenvalue weighted by molar-refractivity contribution is 7.89. The Morgan fingerprint density at radius 2 is 2.12 bits per heavy atom. The van der Waals surface area contributed by atoms with Gasteiger partial charge in [-0.1, -0.05) is 0 Å². The summed E-state index contributed by atoms with van der Waals surface area (Å²) in [6.07, 6.45) is 6.08. The van der Waals surface area contributed by atoms with Gasteiger partial charge in [-0.05, 0) is 49.9 Å². The predicted molar refractivity (Wildman–Crippen MR) is 126 cm³/mol. The van der Waals surface area contributed by atoms with Crippen LogP contribution in [-0.2, 0) is 25.1 Å². The van der Waals surface area contributed by atoms with Crippen LogP contribution in [-0.4, -0.2) is 67.2 Å². The molecule has 0 bridgehead atoms. The van der Waals surface area contributed by atoms with E-state index in [9.17, 15) is 8.42 Å². The third-order valence-corrected chi connectivity index (χ3v) is 7.08. The van der Waals surface area contributed by atoms with Crippen molar-refractivity contribution in [2.75, 3.05) is 37.5 Å². The summed E-state index contributed by atoms with van der Waals surface area (Å²) < 4.78 is 35.9. The number of H-pyrrole nitrogens is 1. The van der Waals surface area contributed by atoms with Crippen molar-refractivity contribution in [3.05, 3.63) is 35.7 Å². The second-order valence-electron chi connectivity index (χ2n) is 8.94. The van der Waals surface area contributed by atoms with Crippen molar-refractivity contribution < 1.29 is 17.9 Å². The maximum atomic E-state index is 12.2. The normalized spacial score (nSPS) is 22.1. The van der Waals surface area contributed by atoms with Crippen LogP contribution in [0.25, 0.3) is 22.3 Å². The molecular weight excluding hydrogens is 442 g/mol. The number of nitrogens with zero attached hydrogens (tertiary/aromatic N) is 4. The number of hydrogen-bond donors (Lipinski definition) is 1. The van der Waals surface area contributed by atoms with Crippen LogP contribution in [0.1, 0.15) is 43.5 Å². The van der Waals surface area contributed by atoms with Gasteiger partial charge in [0.2, 0.25) is 0 Å². The van der Waals surface area contributed by atoms with Crippen molar-refractivity contribution in [1.29, 1.82) is 0 Å². The zero-order valence-corrected chi connectivity index (χ0v) is 19.8. The fraction of sp³-hybridized carbons (Fsp3) is 0.522. The van der Waals surface area contributed by atoms with Gasteiger partial charge in [0, 0.05) is 31.0 Å². The monoisotopic (exact) mass is 471 g/mol. The minimum atomic E-state index is -3.25.